The zero-order valence-corrected chi connectivity index (χ0v) is 14.6. The number of aromatic nitrogens is 2. The zero-order chi connectivity index (χ0) is 18.4. The van der Waals surface area contributed by atoms with Crippen LogP contribution in [-0.4, -0.2) is 33.4 Å². The highest BCUT2D eigenvalue weighted by molar-refractivity contribution is 6.03. The standard InChI is InChI=1S/C20H16N4O3/c1-12(25)24-18(14-2-4-15-17(8-14)22-7-6-21-15)10-16(23-24)13-3-5-19-20(9-13)27-11-26-19/h2-9,18H,10-11H2,1H3/t18-/m0/s1. The van der Waals surface area contributed by atoms with Crippen molar-refractivity contribution in [3.05, 3.63) is 59.9 Å². The summed E-state index contributed by atoms with van der Waals surface area (Å²) < 4.78 is 10.8. The number of hydrogen-bond acceptors (Lipinski definition) is 6. The summed E-state index contributed by atoms with van der Waals surface area (Å²) in [7, 11) is 0. The molecule has 7 heteroatoms. The lowest BCUT2D eigenvalue weighted by molar-refractivity contribution is -0.130. The van der Waals surface area contributed by atoms with E-state index in [-0.39, 0.29) is 18.7 Å². The second-order valence-electron chi connectivity index (χ2n) is 6.50. The van der Waals surface area contributed by atoms with Crippen molar-refractivity contribution in [3.63, 3.8) is 0 Å². The van der Waals surface area contributed by atoms with Crippen molar-refractivity contribution in [2.75, 3.05) is 6.79 Å². The van der Waals surface area contributed by atoms with E-state index < -0.39 is 0 Å². The molecule has 3 heterocycles. The Hall–Kier alpha value is -3.48. The number of rotatable bonds is 2. The molecule has 0 fully saturated rings. The summed E-state index contributed by atoms with van der Waals surface area (Å²) in [6, 6.07) is 11.4. The van der Waals surface area contributed by atoms with Crippen molar-refractivity contribution in [1.82, 2.24) is 15.0 Å². The van der Waals surface area contributed by atoms with E-state index in [2.05, 4.69) is 15.1 Å². The lowest BCUT2D eigenvalue weighted by Crippen LogP contribution is -2.24. The van der Waals surface area contributed by atoms with Crippen LogP contribution in [0.2, 0.25) is 0 Å². The van der Waals surface area contributed by atoms with Crippen molar-refractivity contribution < 1.29 is 14.3 Å². The summed E-state index contributed by atoms with van der Waals surface area (Å²) in [5.41, 5.74) is 4.37. The zero-order valence-electron chi connectivity index (χ0n) is 14.6. The Morgan fingerprint density at radius 3 is 2.70 bits per heavy atom. The summed E-state index contributed by atoms with van der Waals surface area (Å²) in [5.74, 6) is 1.33. The molecule has 2 aliphatic heterocycles. The quantitative estimate of drug-likeness (QED) is 0.702. The second kappa shape index (κ2) is 6.05. The molecule has 0 aliphatic carbocycles. The molecule has 1 amide bonds. The van der Waals surface area contributed by atoms with Gasteiger partial charge in [-0.25, -0.2) is 5.01 Å². The van der Waals surface area contributed by atoms with Gasteiger partial charge in [0.15, 0.2) is 11.5 Å². The molecule has 0 radical (unpaired) electrons. The molecule has 0 N–H and O–H groups in total. The van der Waals surface area contributed by atoms with Crippen LogP contribution < -0.4 is 9.47 Å². The Labute approximate surface area is 155 Å². The number of fused-ring (bicyclic) bond motifs is 2. The summed E-state index contributed by atoms with van der Waals surface area (Å²) in [6.07, 6.45) is 3.95. The van der Waals surface area contributed by atoms with Gasteiger partial charge in [0.1, 0.15) is 0 Å². The molecule has 0 unspecified atom stereocenters. The number of carbonyl (C=O) groups excluding carboxylic acids is 1. The van der Waals surface area contributed by atoms with Crippen LogP contribution in [0.4, 0.5) is 0 Å². The molecule has 2 aliphatic rings. The first-order valence-corrected chi connectivity index (χ1v) is 8.67. The number of nitrogens with zero attached hydrogens (tertiary/aromatic N) is 4. The van der Waals surface area contributed by atoms with E-state index in [9.17, 15) is 4.79 Å². The van der Waals surface area contributed by atoms with Gasteiger partial charge in [0, 0.05) is 31.3 Å². The lowest BCUT2D eigenvalue weighted by atomic mass is 9.97. The molecule has 1 atom stereocenters. The number of ether oxygens (including phenoxy) is 2. The van der Waals surface area contributed by atoms with Gasteiger partial charge in [-0.05, 0) is 35.9 Å². The minimum atomic E-state index is -0.172. The number of carbonyl (C=O) groups is 1. The molecule has 7 nitrogen and oxygen atoms in total. The smallest absolute Gasteiger partial charge is 0.240 e. The maximum Gasteiger partial charge on any atom is 0.240 e. The first-order valence-electron chi connectivity index (χ1n) is 8.67. The average Bonchev–Trinajstić information content (AvgIpc) is 3.34. The van der Waals surface area contributed by atoms with Crippen molar-refractivity contribution in [3.8, 4) is 11.5 Å². The van der Waals surface area contributed by atoms with Crippen LogP contribution in [0.1, 0.15) is 30.5 Å². The molecule has 0 saturated carbocycles. The third-order valence-corrected chi connectivity index (χ3v) is 4.82. The molecule has 5 rings (SSSR count). The van der Waals surface area contributed by atoms with E-state index >= 15 is 0 Å². The van der Waals surface area contributed by atoms with Crippen molar-refractivity contribution >= 4 is 22.7 Å². The van der Waals surface area contributed by atoms with Gasteiger partial charge >= 0.3 is 0 Å². The van der Waals surface area contributed by atoms with Crippen LogP contribution in [0.3, 0.4) is 0 Å². The largest absolute Gasteiger partial charge is 0.454 e. The minimum absolute atomic E-state index is 0.102. The molecule has 0 bridgehead atoms. The molecule has 27 heavy (non-hydrogen) atoms. The summed E-state index contributed by atoms with van der Waals surface area (Å²) in [4.78, 5) is 20.9. The molecular weight excluding hydrogens is 344 g/mol. The van der Waals surface area contributed by atoms with Crippen LogP contribution in [0.5, 0.6) is 11.5 Å². The van der Waals surface area contributed by atoms with Crippen LogP contribution in [0, 0.1) is 0 Å². The Balaban J connectivity index is 1.51. The van der Waals surface area contributed by atoms with Gasteiger partial charge in [-0.3, -0.25) is 14.8 Å². The Morgan fingerprint density at radius 1 is 1.04 bits per heavy atom. The van der Waals surface area contributed by atoms with E-state index in [0.29, 0.717) is 12.2 Å². The first kappa shape index (κ1) is 15.7. The fraction of sp³-hybridized carbons (Fsp3) is 0.200. The lowest BCUT2D eigenvalue weighted by Gasteiger charge is -2.20. The van der Waals surface area contributed by atoms with Crippen LogP contribution in [-0.2, 0) is 4.79 Å². The summed E-state index contributed by atoms with van der Waals surface area (Å²) in [6.45, 7) is 1.76. The highest BCUT2D eigenvalue weighted by Crippen LogP contribution is 2.37. The molecule has 0 spiro atoms. The molecule has 3 aromatic rings. The van der Waals surface area contributed by atoms with Gasteiger partial charge in [-0.15, -0.1) is 0 Å². The maximum atomic E-state index is 12.2. The second-order valence-corrected chi connectivity index (χ2v) is 6.50. The van der Waals surface area contributed by atoms with Crippen molar-refractivity contribution in [2.24, 2.45) is 5.10 Å². The Bertz CT molecular complexity index is 1100. The van der Waals surface area contributed by atoms with Crippen molar-refractivity contribution in [1.29, 1.82) is 0 Å². The number of benzene rings is 2. The van der Waals surface area contributed by atoms with E-state index in [1.54, 1.807) is 12.4 Å². The first-order chi connectivity index (χ1) is 13.2. The number of hydrogen-bond donors (Lipinski definition) is 0. The molecule has 0 saturated heterocycles. The topological polar surface area (TPSA) is 76.9 Å². The molecule has 2 aromatic carbocycles. The highest BCUT2D eigenvalue weighted by atomic mass is 16.7. The maximum absolute atomic E-state index is 12.2. The van der Waals surface area contributed by atoms with Gasteiger partial charge in [0.05, 0.1) is 22.8 Å². The average molecular weight is 360 g/mol. The third-order valence-electron chi connectivity index (χ3n) is 4.82. The van der Waals surface area contributed by atoms with Crippen LogP contribution in [0.15, 0.2) is 53.9 Å². The summed E-state index contributed by atoms with van der Waals surface area (Å²) >= 11 is 0. The molecule has 134 valence electrons. The minimum Gasteiger partial charge on any atom is -0.454 e. The number of amides is 1. The third kappa shape index (κ3) is 2.68. The van der Waals surface area contributed by atoms with Crippen LogP contribution >= 0.6 is 0 Å². The van der Waals surface area contributed by atoms with Gasteiger partial charge in [-0.1, -0.05) is 6.07 Å². The fourth-order valence-corrected chi connectivity index (χ4v) is 3.50. The normalized spacial score (nSPS) is 18.0. The Kier molecular flexibility index (Phi) is 3.53. The van der Waals surface area contributed by atoms with E-state index in [0.717, 1.165) is 33.6 Å². The van der Waals surface area contributed by atoms with E-state index in [4.69, 9.17) is 9.47 Å². The fourth-order valence-electron chi connectivity index (χ4n) is 3.50. The number of hydrazone groups is 1. The monoisotopic (exact) mass is 360 g/mol. The summed E-state index contributed by atoms with van der Waals surface area (Å²) in [5, 5.41) is 6.13. The van der Waals surface area contributed by atoms with Crippen molar-refractivity contribution in [2.45, 2.75) is 19.4 Å². The van der Waals surface area contributed by atoms with E-state index in [1.165, 1.54) is 11.9 Å². The molecular formula is C20H16N4O3. The van der Waals surface area contributed by atoms with Gasteiger partial charge in [0.2, 0.25) is 12.7 Å². The highest BCUT2D eigenvalue weighted by Gasteiger charge is 2.32. The van der Waals surface area contributed by atoms with E-state index in [1.807, 2.05) is 36.4 Å². The predicted octanol–water partition coefficient (Wildman–Crippen LogP) is 3.06. The van der Waals surface area contributed by atoms with Gasteiger partial charge in [-0.2, -0.15) is 5.10 Å². The SMILES string of the molecule is CC(=O)N1N=C(c2ccc3c(c2)OCO3)C[C@H]1c1ccc2nccnc2c1. The van der Waals surface area contributed by atoms with Gasteiger partial charge < -0.3 is 9.47 Å². The predicted molar refractivity (Wildman–Crippen MR) is 98.5 cm³/mol. The molecule has 1 aromatic heterocycles. The van der Waals surface area contributed by atoms with Gasteiger partial charge in [0.25, 0.3) is 0 Å². The van der Waals surface area contributed by atoms with Crippen LogP contribution in [0.25, 0.3) is 11.0 Å². The Morgan fingerprint density at radius 2 is 1.85 bits per heavy atom.